The normalized spacial score (nSPS) is 20.4. The molecule has 1 saturated heterocycles. The average molecular weight is 342 g/mol. The predicted octanol–water partition coefficient (Wildman–Crippen LogP) is 2.89. The molecule has 2 N–H and O–H groups in total. The molecule has 1 aromatic carbocycles. The van der Waals surface area contributed by atoms with E-state index in [1.54, 1.807) is 6.20 Å². The third kappa shape index (κ3) is 3.35. The molecule has 0 radical (unpaired) electrons. The van der Waals surface area contributed by atoms with E-state index in [0.717, 1.165) is 23.7 Å². The molecular formula is C16H21Cl2N3O. The van der Waals surface area contributed by atoms with Crippen LogP contribution in [0.1, 0.15) is 23.8 Å². The van der Waals surface area contributed by atoms with Crippen LogP contribution in [0.3, 0.4) is 0 Å². The van der Waals surface area contributed by atoms with Crippen LogP contribution in [-0.2, 0) is 0 Å². The van der Waals surface area contributed by atoms with Gasteiger partial charge in [0.1, 0.15) is 5.69 Å². The van der Waals surface area contributed by atoms with Gasteiger partial charge < -0.3 is 10.6 Å². The molecule has 2 unspecified atom stereocenters. The number of likely N-dealkylation sites (tertiary alicyclic amines) is 1. The quantitative estimate of drug-likeness (QED) is 0.913. The Morgan fingerprint density at radius 1 is 1.32 bits per heavy atom. The number of aromatic nitrogens is 1. The highest BCUT2D eigenvalue weighted by Gasteiger charge is 2.33. The van der Waals surface area contributed by atoms with Gasteiger partial charge in [0, 0.05) is 24.2 Å². The van der Waals surface area contributed by atoms with Crippen LogP contribution in [0.4, 0.5) is 0 Å². The van der Waals surface area contributed by atoms with E-state index in [-0.39, 0.29) is 36.8 Å². The number of benzene rings is 1. The lowest BCUT2D eigenvalue weighted by Gasteiger charge is -2.21. The maximum absolute atomic E-state index is 12.8. The molecular weight excluding hydrogens is 321 g/mol. The minimum absolute atomic E-state index is 0. The van der Waals surface area contributed by atoms with Crippen LogP contribution >= 0.6 is 24.8 Å². The van der Waals surface area contributed by atoms with Crippen LogP contribution in [0.2, 0.25) is 0 Å². The van der Waals surface area contributed by atoms with E-state index in [9.17, 15) is 4.79 Å². The number of halogens is 2. The summed E-state index contributed by atoms with van der Waals surface area (Å²) in [4.78, 5) is 19.0. The molecule has 120 valence electrons. The molecule has 1 aliphatic rings. The van der Waals surface area contributed by atoms with Crippen LogP contribution in [0.25, 0.3) is 10.8 Å². The summed E-state index contributed by atoms with van der Waals surface area (Å²) in [6, 6.07) is 10.0. The van der Waals surface area contributed by atoms with Crippen molar-refractivity contribution in [2.45, 2.75) is 19.4 Å². The van der Waals surface area contributed by atoms with Crippen molar-refractivity contribution in [2.75, 3.05) is 13.1 Å². The molecule has 3 rings (SSSR count). The maximum Gasteiger partial charge on any atom is 0.273 e. The van der Waals surface area contributed by atoms with E-state index < -0.39 is 0 Å². The molecule has 6 heteroatoms. The van der Waals surface area contributed by atoms with Gasteiger partial charge in [-0.25, -0.2) is 0 Å². The molecule has 0 bridgehead atoms. The molecule has 0 spiro atoms. The second kappa shape index (κ2) is 7.77. The van der Waals surface area contributed by atoms with Crippen LogP contribution < -0.4 is 5.73 Å². The highest BCUT2D eigenvalue weighted by molar-refractivity contribution is 6.05. The van der Waals surface area contributed by atoms with Gasteiger partial charge in [-0.05, 0) is 37.3 Å². The molecule has 0 aliphatic carbocycles. The summed E-state index contributed by atoms with van der Waals surface area (Å²) in [5.41, 5.74) is 6.28. The number of carbonyl (C=O) groups is 1. The Balaban J connectivity index is 0.00000121. The number of fused-ring (bicyclic) bond motifs is 1. The van der Waals surface area contributed by atoms with E-state index in [4.69, 9.17) is 5.73 Å². The Morgan fingerprint density at radius 3 is 2.73 bits per heavy atom. The van der Waals surface area contributed by atoms with Crippen molar-refractivity contribution in [3.05, 3.63) is 42.2 Å². The maximum atomic E-state index is 12.8. The number of rotatable bonds is 2. The van der Waals surface area contributed by atoms with E-state index in [0.29, 0.717) is 18.2 Å². The average Bonchev–Trinajstić information content (AvgIpc) is 2.87. The molecule has 4 nitrogen and oxygen atoms in total. The van der Waals surface area contributed by atoms with E-state index in [1.807, 2.05) is 35.2 Å². The minimum atomic E-state index is 0. The van der Waals surface area contributed by atoms with Gasteiger partial charge in [0.2, 0.25) is 0 Å². The van der Waals surface area contributed by atoms with E-state index >= 15 is 0 Å². The minimum Gasteiger partial charge on any atom is -0.334 e. The molecule has 1 amide bonds. The zero-order chi connectivity index (χ0) is 14.1. The smallest absolute Gasteiger partial charge is 0.273 e. The fourth-order valence-corrected chi connectivity index (χ4v) is 3.02. The number of hydrogen-bond donors (Lipinski definition) is 1. The summed E-state index contributed by atoms with van der Waals surface area (Å²) >= 11 is 0. The molecule has 1 aliphatic heterocycles. The van der Waals surface area contributed by atoms with E-state index in [2.05, 4.69) is 11.9 Å². The van der Waals surface area contributed by atoms with Crippen LogP contribution in [0.5, 0.6) is 0 Å². The van der Waals surface area contributed by atoms with Crippen LogP contribution in [0, 0.1) is 5.92 Å². The van der Waals surface area contributed by atoms with Crippen molar-refractivity contribution in [2.24, 2.45) is 11.7 Å². The second-order valence-electron chi connectivity index (χ2n) is 5.52. The van der Waals surface area contributed by atoms with Crippen molar-refractivity contribution < 1.29 is 4.79 Å². The number of nitrogens with two attached hydrogens (primary N) is 1. The number of nitrogens with zero attached hydrogens (tertiary/aromatic N) is 2. The molecule has 22 heavy (non-hydrogen) atoms. The molecule has 0 saturated carbocycles. The monoisotopic (exact) mass is 341 g/mol. The Kier molecular flexibility index (Phi) is 6.60. The highest BCUT2D eigenvalue weighted by atomic mass is 35.5. The van der Waals surface area contributed by atoms with Crippen molar-refractivity contribution in [1.29, 1.82) is 0 Å². The fraction of sp³-hybridized carbons (Fsp3) is 0.375. The second-order valence-corrected chi connectivity index (χ2v) is 5.52. The highest BCUT2D eigenvalue weighted by Crippen LogP contribution is 2.26. The summed E-state index contributed by atoms with van der Waals surface area (Å²) in [6.07, 6.45) is 2.68. The Labute approximate surface area is 142 Å². The largest absolute Gasteiger partial charge is 0.334 e. The van der Waals surface area contributed by atoms with Crippen molar-refractivity contribution >= 4 is 41.5 Å². The molecule has 1 fully saturated rings. The predicted molar refractivity (Wildman–Crippen MR) is 93.9 cm³/mol. The molecule has 2 heterocycles. The first-order valence-electron chi connectivity index (χ1n) is 7.05. The summed E-state index contributed by atoms with van der Waals surface area (Å²) in [5, 5.41) is 1.97. The zero-order valence-corrected chi connectivity index (χ0v) is 14.1. The zero-order valence-electron chi connectivity index (χ0n) is 12.4. The topological polar surface area (TPSA) is 59.2 Å². The van der Waals surface area contributed by atoms with Crippen LogP contribution in [-0.4, -0.2) is 34.9 Å². The summed E-state index contributed by atoms with van der Waals surface area (Å²) in [6.45, 7) is 3.46. The van der Waals surface area contributed by atoms with Crippen molar-refractivity contribution in [3.8, 4) is 0 Å². The SMILES string of the molecule is CC1CC(CN)CN1C(=O)c1nccc2ccccc12.Cl.Cl. The van der Waals surface area contributed by atoms with Gasteiger partial charge in [-0.3, -0.25) is 9.78 Å². The summed E-state index contributed by atoms with van der Waals surface area (Å²) in [5.74, 6) is 0.425. The standard InChI is InChI=1S/C16H19N3O.2ClH/c1-11-8-12(9-17)10-19(11)16(20)15-14-5-3-2-4-13(14)6-7-18-15;;/h2-7,11-12H,8-10,17H2,1H3;2*1H. The Hall–Kier alpha value is -1.36. The van der Waals surface area contributed by atoms with Gasteiger partial charge in [0.15, 0.2) is 0 Å². The molecule has 2 aromatic rings. The van der Waals surface area contributed by atoms with Gasteiger partial charge in [0.25, 0.3) is 5.91 Å². The van der Waals surface area contributed by atoms with Gasteiger partial charge in [-0.2, -0.15) is 0 Å². The fourth-order valence-electron chi connectivity index (χ4n) is 3.02. The number of carbonyl (C=O) groups excluding carboxylic acids is 1. The first-order valence-corrected chi connectivity index (χ1v) is 7.05. The van der Waals surface area contributed by atoms with Crippen LogP contribution in [0.15, 0.2) is 36.5 Å². The number of amides is 1. The van der Waals surface area contributed by atoms with Gasteiger partial charge in [-0.1, -0.05) is 24.3 Å². The van der Waals surface area contributed by atoms with Crippen molar-refractivity contribution in [1.82, 2.24) is 9.88 Å². The van der Waals surface area contributed by atoms with Gasteiger partial charge in [-0.15, -0.1) is 24.8 Å². The van der Waals surface area contributed by atoms with E-state index in [1.165, 1.54) is 0 Å². The number of pyridine rings is 1. The lowest BCUT2D eigenvalue weighted by molar-refractivity contribution is 0.0739. The first kappa shape index (κ1) is 18.7. The number of hydrogen-bond acceptors (Lipinski definition) is 3. The third-order valence-corrected chi connectivity index (χ3v) is 4.13. The molecule has 1 aromatic heterocycles. The van der Waals surface area contributed by atoms with Crippen molar-refractivity contribution in [3.63, 3.8) is 0 Å². The van der Waals surface area contributed by atoms with Gasteiger partial charge >= 0.3 is 0 Å². The lowest BCUT2D eigenvalue weighted by Crippen LogP contribution is -2.35. The first-order chi connectivity index (χ1) is 9.70. The van der Waals surface area contributed by atoms with Gasteiger partial charge in [0.05, 0.1) is 0 Å². The third-order valence-electron chi connectivity index (χ3n) is 4.13. The summed E-state index contributed by atoms with van der Waals surface area (Å²) in [7, 11) is 0. The summed E-state index contributed by atoms with van der Waals surface area (Å²) < 4.78 is 0. The molecule has 2 atom stereocenters. The lowest BCUT2D eigenvalue weighted by atomic mass is 10.1. The Morgan fingerprint density at radius 2 is 2.05 bits per heavy atom. The Bertz CT molecular complexity index is 645.